The highest BCUT2D eigenvalue weighted by Gasteiger charge is 2.16. The van der Waals surface area contributed by atoms with Gasteiger partial charge in [0.05, 0.1) is 23.6 Å². The van der Waals surface area contributed by atoms with E-state index in [-0.39, 0.29) is 22.4 Å². The van der Waals surface area contributed by atoms with Crippen molar-refractivity contribution in [3.8, 4) is 0 Å². The maximum absolute atomic E-state index is 12.3. The summed E-state index contributed by atoms with van der Waals surface area (Å²) in [7, 11) is -3.74. The van der Waals surface area contributed by atoms with E-state index in [9.17, 15) is 13.2 Å². The van der Waals surface area contributed by atoms with Crippen LogP contribution in [0.5, 0.6) is 0 Å². The predicted molar refractivity (Wildman–Crippen MR) is 104 cm³/mol. The minimum Gasteiger partial charge on any atom is -0.351 e. The number of carbonyl (C=O) groups excluding carboxylic acids is 1. The van der Waals surface area contributed by atoms with Crippen LogP contribution in [0.2, 0.25) is 5.02 Å². The molecule has 1 amide bonds. The molecule has 0 atom stereocenters. The first-order valence-corrected chi connectivity index (χ1v) is 11.1. The van der Waals surface area contributed by atoms with E-state index in [1.165, 1.54) is 24.3 Å². The standard InChI is InChI=1S/C16H14ClN3O3S3/c17-11-3-5-14(6-4-11)26(22,23)20-16-19-12(10-25-16)8-15(21)18-9-13-2-1-7-24-13/h1-7,10H,8-9H2,(H,18,21)(H,19,20). The lowest BCUT2D eigenvalue weighted by Gasteiger charge is -2.05. The lowest BCUT2D eigenvalue weighted by atomic mass is 10.3. The van der Waals surface area contributed by atoms with E-state index >= 15 is 0 Å². The third kappa shape index (κ3) is 5.04. The molecule has 0 radical (unpaired) electrons. The Bertz CT molecular complexity index is 983. The zero-order chi connectivity index (χ0) is 18.6. The van der Waals surface area contributed by atoms with Crippen molar-refractivity contribution < 1.29 is 13.2 Å². The van der Waals surface area contributed by atoms with E-state index in [0.717, 1.165) is 16.2 Å². The van der Waals surface area contributed by atoms with Crippen LogP contribution < -0.4 is 10.0 Å². The number of carbonyl (C=O) groups is 1. The van der Waals surface area contributed by atoms with Gasteiger partial charge in [0.25, 0.3) is 10.0 Å². The molecule has 2 heterocycles. The Morgan fingerprint density at radius 1 is 1.15 bits per heavy atom. The highest BCUT2D eigenvalue weighted by atomic mass is 35.5. The summed E-state index contributed by atoms with van der Waals surface area (Å²) in [6.07, 6.45) is 0.0878. The van der Waals surface area contributed by atoms with Crippen molar-refractivity contribution in [1.29, 1.82) is 0 Å². The number of benzene rings is 1. The lowest BCUT2D eigenvalue weighted by Crippen LogP contribution is -2.24. The minimum atomic E-state index is -3.74. The number of rotatable bonds is 7. The molecule has 3 rings (SSSR count). The highest BCUT2D eigenvalue weighted by Crippen LogP contribution is 2.21. The normalized spacial score (nSPS) is 11.3. The predicted octanol–water partition coefficient (Wildman–Crippen LogP) is 3.52. The van der Waals surface area contributed by atoms with Gasteiger partial charge in [-0.25, -0.2) is 13.4 Å². The number of nitrogens with zero attached hydrogens (tertiary/aromatic N) is 1. The highest BCUT2D eigenvalue weighted by molar-refractivity contribution is 7.93. The molecule has 136 valence electrons. The van der Waals surface area contributed by atoms with Crippen LogP contribution >= 0.6 is 34.3 Å². The first-order valence-electron chi connectivity index (χ1n) is 7.44. The van der Waals surface area contributed by atoms with Gasteiger partial charge in [-0.15, -0.1) is 22.7 Å². The third-order valence-electron chi connectivity index (χ3n) is 3.28. The second-order valence-corrected chi connectivity index (χ2v) is 9.25. The molecule has 2 N–H and O–H groups in total. The van der Waals surface area contributed by atoms with Gasteiger partial charge in [0, 0.05) is 15.3 Å². The van der Waals surface area contributed by atoms with Crippen molar-refractivity contribution in [3.63, 3.8) is 0 Å². The fourth-order valence-corrected chi connectivity index (χ4v) is 4.78. The van der Waals surface area contributed by atoms with Crippen molar-refractivity contribution in [2.75, 3.05) is 4.72 Å². The van der Waals surface area contributed by atoms with E-state index in [1.807, 2.05) is 17.5 Å². The van der Waals surface area contributed by atoms with Gasteiger partial charge in [0.1, 0.15) is 0 Å². The molecule has 1 aromatic carbocycles. The van der Waals surface area contributed by atoms with Gasteiger partial charge in [-0.2, -0.15) is 0 Å². The van der Waals surface area contributed by atoms with Crippen molar-refractivity contribution in [3.05, 3.63) is 62.8 Å². The number of amides is 1. The van der Waals surface area contributed by atoms with Crippen LogP contribution in [-0.2, 0) is 27.8 Å². The van der Waals surface area contributed by atoms with Crippen LogP contribution in [0.4, 0.5) is 5.13 Å². The Morgan fingerprint density at radius 2 is 1.92 bits per heavy atom. The van der Waals surface area contributed by atoms with Crippen molar-refractivity contribution in [2.24, 2.45) is 0 Å². The molecule has 6 nitrogen and oxygen atoms in total. The van der Waals surface area contributed by atoms with Gasteiger partial charge in [-0.05, 0) is 35.7 Å². The fourth-order valence-electron chi connectivity index (χ4n) is 2.05. The summed E-state index contributed by atoms with van der Waals surface area (Å²) >= 11 is 8.46. The van der Waals surface area contributed by atoms with Crippen molar-refractivity contribution in [2.45, 2.75) is 17.9 Å². The van der Waals surface area contributed by atoms with Gasteiger partial charge in [0.15, 0.2) is 5.13 Å². The number of hydrogen-bond acceptors (Lipinski definition) is 6. The van der Waals surface area contributed by atoms with E-state index < -0.39 is 10.0 Å². The van der Waals surface area contributed by atoms with E-state index in [1.54, 1.807) is 16.7 Å². The summed E-state index contributed by atoms with van der Waals surface area (Å²) in [5, 5.41) is 7.07. The van der Waals surface area contributed by atoms with Crippen LogP contribution in [-0.4, -0.2) is 19.3 Å². The Kier molecular flexibility index (Phi) is 5.92. The monoisotopic (exact) mass is 427 g/mol. The number of nitrogens with one attached hydrogen (secondary N) is 2. The van der Waals surface area contributed by atoms with E-state index in [2.05, 4.69) is 15.0 Å². The van der Waals surface area contributed by atoms with Gasteiger partial charge < -0.3 is 5.32 Å². The van der Waals surface area contributed by atoms with Crippen LogP contribution in [0.1, 0.15) is 10.6 Å². The SMILES string of the molecule is O=C(Cc1csc(NS(=O)(=O)c2ccc(Cl)cc2)n1)NCc1cccs1. The average molecular weight is 428 g/mol. The van der Waals surface area contributed by atoms with Crippen molar-refractivity contribution >= 4 is 55.3 Å². The molecule has 0 aliphatic carbocycles. The molecular formula is C16H14ClN3O3S3. The largest absolute Gasteiger partial charge is 0.351 e. The molecule has 0 unspecified atom stereocenters. The van der Waals surface area contributed by atoms with Crippen LogP contribution in [0.3, 0.4) is 0 Å². The summed E-state index contributed by atoms with van der Waals surface area (Å²) in [6.45, 7) is 0.469. The molecule has 2 aromatic heterocycles. The minimum absolute atomic E-state index is 0.0878. The van der Waals surface area contributed by atoms with Gasteiger partial charge in [-0.1, -0.05) is 17.7 Å². The summed E-state index contributed by atoms with van der Waals surface area (Å²) in [5.74, 6) is -0.171. The number of thiazole rings is 1. The topological polar surface area (TPSA) is 88.2 Å². The zero-order valence-corrected chi connectivity index (χ0v) is 16.5. The number of thiophene rings is 1. The third-order valence-corrected chi connectivity index (χ3v) is 6.70. The second-order valence-electron chi connectivity index (χ2n) is 5.24. The maximum Gasteiger partial charge on any atom is 0.263 e. The van der Waals surface area contributed by atoms with Crippen LogP contribution in [0, 0.1) is 0 Å². The number of hydrogen-bond donors (Lipinski definition) is 2. The lowest BCUT2D eigenvalue weighted by molar-refractivity contribution is -0.120. The van der Waals surface area contributed by atoms with Crippen LogP contribution in [0.25, 0.3) is 0 Å². The molecule has 26 heavy (non-hydrogen) atoms. The Morgan fingerprint density at radius 3 is 2.62 bits per heavy atom. The molecular weight excluding hydrogens is 414 g/mol. The molecule has 0 aliphatic heterocycles. The number of anilines is 1. The fraction of sp³-hybridized carbons (Fsp3) is 0.125. The molecule has 0 saturated carbocycles. The summed E-state index contributed by atoms with van der Waals surface area (Å²) < 4.78 is 27.0. The Balaban J connectivity index is 1.58. The zero-order valence-electron chi connectivity index (χ0n) is 13.3. The van der Waals surface area contributed by atoms with Crippen molar-refractivity contribution in [1.82, 2.24) is 10.3 Å². The van der Waals surface area contributed by atoms with Gasteiger partial charge in [0.2, 0.25) is 5.91 Å². The first kappa shape index (κ1) is 18.8. The first-order chi connectivity index (χ1) is 12.4. The molecule has 0 saturated heterocycles. The summed E-state index contributed by atoms with van der Waals surface area (Å²) in [6, 6.07) is 9.69. The van der Waals surface area contributed by atoms with Crippen LogP contribution in [0.15, 0.2) is 52.1 Å². The summed E-state index contributed by atoms with van der Waals surface area (Å²) in [5.41, 5.74) is 0.507. The Hall–Kier alpha value is -1.94. The molecule has 0 fully saturated rings. The summed E-state index contributed by atoms with van der Waals surface area (Å²) in [4.78, 5) is 17.3. The molecule has 0 bridgehead atoms. The number of sulfonamides is 1. The number of halogens is 1. The van der Waals surface area contributed by atoms with Gasteiger partial charge in [-0.3, -0.25) is 9.52 Å². The number of aromatic nitrogens is 1. The van der Waals surface area contributed by atoms with E-state index in [4.69, 9.17) is 11.6 Å². The van der Waals surface area contributed by atoms with E-state index in [0.29, 0.717) is 17.3 Å². The molecule has 10 heteroatoms. The molecule has 0 aliphatic rings. The second kappa shape index (κ2) is 8.17. The quantitative estimate of drug-likeness (QED) is 0.603. The molecule has 0 spiro atoms. The Labute approximate surface area is 163 Å². The smallest absolute Gasteiger partial charge is 0.263 e. The van der Waals surface area contributed by atoms with Gasteiger partial charge >= 0.3 is 0 Å². The average Bonchev–Trinajstić information content (AvgIpc) is 3.25. The molecule has 3 aromatic rings. The maximum atomic E-state index is 12.3.